The van der Waals surface area contributed by atoms with Gasteiger partial charge in [0.1, 0.15) is 5.75 Å². The maximum atomic E-state index is 13.0. The van der Waals surface area contributed by atoms with Crippen molar-refractivity contribution < 1.29 is 24.2 Å². The van der Waals surface area contributed by atoms with Gasteiger partial charge in [0.25, 0.3) is 0 Å². The highest BCUT2D eigenvalue weighted by atomic mass is 35.5. The van der Waals surface area contributed by atoms with E-state index in [1.165, 1.54) is 12.0 Å². The molecule has 1 aliphatic heterocycles. The van der Waals surface area contributed by atoms with Gasteiger partial charge in [-0.15, -0.1) is 0 Å². The first-order valence-corrected chi connectivity index (χ1v) is 13.4. The normalized spacial score (nSPS) is 16.1. The third-order valence-electron chi connectivity index (χ3n) is 6.09. The van der Waals surface area contributed by atoms with Gasteiger partial charge in [0.15, 0.2) is 0 Å². The molecule has 0 radical (unpaired) electrons. The van der Waals surface area contributed by atoms with E-state index in [-0.39, 0.29) is 25.0 Å². The summed E-state index contributed by atoms with van der Waals surface area (Å²) in [6.45, 7) is 0.523. The van der Waals surface area contributed by atoms with Gasteiger partial charge in [0.05, 0.1) is 24.4 Å². The summed E-state index contributed by atoms with van der Waals surface area (Å²) in [6, 6.07) is 16.9. The number of methoxy groups -OCH3 is 1. The zero-order valence-corrected chi connectivity index (χ0v) is 23.3. The summed E-state index contributed by atoms with van der Waals surface area (Å²) < 4.78 is 10.4. The third kappa shape index (κ3) is 7.84. The fraction of sp³-hybridized carbons (Fsp3) is 0.286. The maximum Gasteiger partial charge on any atom is 0.327 e. The van der Waals surface area contributed by atoms with Gasteiger partial charge in [-0.2, -0.15) is 0 Å². The number of amides is 2. The summed E-state index contributed by atoms with van der Waals surface area (Å²) >= 11 is 12.5. The number of aliphatic hydroxyl groups is 1. The Bertz CT molecular complexity index is 1340. The molecule has 1 aliphatic rings. The van der Waals surface area contributed by atoms with Crippen LogP contribution in [0, 0.1) is 0 Å². The molecule has 3 aromatic rings. The van der Waals surface area contributed by atoms with Gasteiger partial charge in [-0.1, -0.05) is 47.8 Å². The van der Waals surface area contributed by atoms with Crippen molar-refractivity contribution in [2.75, 3.05) is 13.7 Å². The first kappa shape index (κ1) is 29.1. The molecule has 0 spiro atoms. The Morgan fingerprint density at radius 2 is 1.88 bits per heavy atom. The Labute approximate surface area is 242 Å². The smallest absolute Gasteiger partial charge is 0.327 e. The molecular formula is C28H29Cl2N5O5. The summed E-state index contributed by atoms with van der Waals surface area (Å²) in [5, 5.41) is 14.9. The predicted octanol–water partition coefficient (Wildman–Crippen LogP) is 5.70. The summed E-state index contributed by atoms with van der Waals surface area (Å²) in [4.78, 5) is 36.0. The zero-order valence-electron chi connectivity index (χ0n) is 21.8. The van der Waals surface area contributed by atoms with Gasteiger partial charge in [-0.05, 0) is 54.8 Å². The topological polar surface area (TPSA) is 117 Å². The fourth-order valence-electron chi connectivity index (χ4n) is 3.99. The molecule has 40 heavy (non-hydrogen) atoms. The number of carbonyl (C=O) groups is 2. The molecule has 1 saturated heterocycles. The van der Waals surface area contributed by atoms with E-state index in [2.05, 4.69) is 20.0 Å². The second kappa shape index (κ2) is 14.0. The Kier molecular flexibility index (Phi) is 10.2. The molecule has 10 nitrogen and oxygen atoms in total. The number of ether oxygens (including phenoxy) is 2. The minimum absolute atomic E-state index is 0.156. The average molecular weight is 586 g/mol. The number of nitrogens with zero attached hydrogens (tertiary/aromatic N) is 4. The van der Waals surface area contributed by atoms with E-state index in [0.29, 0.717) is 53.0 Å². The number of nitrogens with one attached hydrogen (secondary N) is 1. The largest absolute Gasteiger partial charge is 0.469 e. The lowest BCUT2D eigenvalue weighted by Crippen LogP contribution is -2.65. The van der Waals surface area contributed by atoms with Gasteiger partial charge >= 0.3 is 12.0 Å². The van der Waals surface area contributed by atoms with Gasteiger partial charge in [0.2, 0.25) is 18.2 Å². The highest BCUT2D eigenvalue weighted by molar-refractivity contribution is 6.32. The van der Waals surface area contributed by atoms with Crippen LogP contribution in [0.15, 0.2) is 71.9 Å². The van der Waals surface area contributed by atoms with Crippen LogP contribution >= 0.6 is 23.2 Å². The van der Waals surface area contributed by atoms with E-state index < -0.39 is 12.4 Å². The maximum absolute atomic E-state index is 13.0. The molecule has 12 heteroatoms. The number of urea groups is 1. The number of hydrogen-bond donors (Lipinski definition) is 2. The molecule has 4 rings (SSSR count). The van der Waals surface area contributed by atoms with E-state index >= 15 is 0 Å². The Balaban J connectivity index is 1.52. The lowest BCUT2D eigenvalue weighted by Gasteiger charge is -2.42. The average Bonchev–Trinajstić information content (AvgIpc) is 2.95. The van der Waals surface area contributed by atoms with Gasteiger partial charge in [-0.3, -0.25) is 19.9 Å². The summed E-state index contributed by atoms with van der Waals surface area (Å²) in [7, 11) is 1.35. The van der Waals surface area contributed by atoms with Crippen molar-refractivity contribution in [2.24, 2.45) is 4.99 Å². The number of benzene rings is 2. The van der Waals surface area contributed by atoms with Crippen LogP contribution in [-0.2, 0) is 16.1 Å². The van der Waals surface area contributed by atoms with Crippen molar-refractivity contribution in [1.29, 1.82) is 0 Å². The van der Waals surface area contributed by atoms with Gasteiger partial charge in [-0.25, -0.2) is 14.8 Å². The summed E-state index contributed by atoms with van der Waals surface area (Å²) in [5.41, 5.74) is 1.29. The van der Waals surface area contributed by atoms with E-state index in [9.17, 15) is 14.7 Å². The number of rotatable bonds is 11. The van der Waals surface area contributed by atoms with Crippen molar-refractivity contribution in [1.82, 2.24) is 20.1 Å². The van der Waals surface area contributed by atoms with Gasteiger partial charge < -0.3 is 14.6 Å². The first-order valence-electron chi connectivity index (χ1n) is 12.6. The van der Waals surface area contributed by atoms with Crippen LogP contribution in [0.25, 0.3) is 0 Å². The highest BCUT2D eigenvalue weighted by Crippen LogP contribution is 2.32. The van der Waals surface area contributed by atoms with Crippen molar-refractivity contribution in [3.8, 4) is 11.6 Å². The minimum Gasteiger partial charge on any atom is -0.469 e. The number of aliphatic imine (C=N–C) groups is 1. The second-order valence-electron chi connectivity index (χ2n) is 8.93. The van der Waals surface area contributed by atoms with Crippen LogP contribution in [0.5, 0.6) is 11.6 Å². The number of carbonyl (C=O) groups excluding carboxylic acids is 2. The number of aromatic nitrogens is 1. The molecule has 2 heterocycles. The predicted molar refractivity (Wildman–Crippen MR) is 152 cm³/mol. The first-order chi connectivity index (χ1) is 19.3. The number of esters is 1. The number of guanidine groups is 1. The minimum atomic E-state index is -1.29. The van der Waals surface area contributed by atoms with E-state index in [1.54, 1.807) is 59.6 Å². The van der Waals surface area contributed by atoms with Crippen LogP contribution in [0.4, 0.5) is 10.5 Å². The molecule has 1 unspecified atom stereocenters. The number of halogens is 2. The van der Waals surface area contributed by atoms with Crippen LogP contribution in [0.3, 0.4) is 0 Å². The monoisotopic (exact) mass is 585 g/mol. The van der Waals surface area contributed by atoms with E-state index in [0.717, 1.165) is 5.56 Å². The van der Waals surface area contributed by atoms with Crippen molar-refractivity contribution >= 4 is 46.8 Å². The molecule has 0 bridgehead atoms. The molecule has 2 amide bonds. The molecule has 0 aliphatic carbocycles. The number of unbranched alkanes of at least 4 members (excludes halogenated alkanes) is 2. The van der Waals surface area contributed by atoms with E-state index in [1.807, 2.05) is 12.1 Å². The molecule has 1 aromatic heterocycles. The third-order valence-corrected chi connectivity index (χ3v) is 6.63. The Hall–Kier alpha value is -3.86. The lowest BCUT2D eigenvalue weighted by atomic mass is 10.2. The number of aliphatic hydroxyl groups excluding tert-OH is 1. The van der Waals surface area contributed by atoms with Crippen molar-refractivity contribution in [3.05, 3.63) is 82.5 Å². The molecule has 1 atom stereocenters. The second-order valence-corrected chi connectivity index (χ2v) is 9.77. The molecule has 2 aromatic carbocycles. The fourth-order valence-corrected chi connectivity index (χ4v) is 4.33. The quantitative estimate of drug-likeness (QED) is 0.219. The molecular weight excluding hydrogens is 557 g/mol. The van der Waals surface area contributed by atoms with Crippen LogP contribution in [0.1, 0.15) is 31.2 Å². The molecule has 2 N–H and O–H groups in total. The molecule has 210 valence electrons. The van der Waals surface area contributed by atoms with E-state index in [4.69, 9.17) is 27.9 Å². The van der Waals surface area contributed by atoms with Crippen LogP contribution < -0.4 is 10.1 Å². The number of pyridine rings is 1. The van der Waals surface area contributed by atoms with Crippen molar-refractivity contribution in [3.63, 3.8) is 0 Å². The van der Waals surface area contributed by atoms with Gasteiger partial charge in [0, 0.05) is 30.3 Å². The standard InChI is InChI=1S/C28H29Cl2N5O5/c1-39-25(36)8-3-2-6-16-34-27(37)33-26(35(28(34)38)18-19-9-11-20(29)12-10-19)32-21-13-14-23(22(30)17-21)40-24-7-4-5-15-31-24/h4-5,7,9-15,17,28,38H,2-3,6,8,16,18H2,1H3,(H,32,33,37). The Morgan fingerprint density at radius 3 is 2.58 bits per heavy atom. The van der Waals surface area contributed by atoms with Crippen molar-refractivity contribution in [2.45, 2.75) is 38.6 Å². The SMILES string of the molecule is COC(=O)CCCCCN1C(=O)NC(=Nc2ccc(Oc3ccccn3)c(Cl)c2)N(Cc2ccc(Cl)cc2)C1O. The zero-order chi connectivity index (χ0) is 28.5. The van der Waals surface area contributed by atoms with Crippen LogP contribution in [0.2, 0.25) is 10.0 Å². The number of hydrogen-bond acceptors (Lipinski definition) is 7. The molecule has 0 saturated carbocycles. The summed E-state index contributed by atoms with van der Waals surface area (Å²) in [5.74, 6) is 0.671. The Morgan fingerprint density at radius 1 is 1.07 bits per heavy atom. The lowest BCUT2D eigenvalue weighted by molar-refractivity contribution is -0.140. The summed E-state index contributed by atoms with van der Waals surface area (Å²) in [6.07, 6.45) is 2.54. The molecule has 1 fully saturated rings. The highest BCUT2D eigenvalue weighted by Gasteiger charge is 2.36. The van der Waals surface area contributed by atoms with Crippen LogP contribution in [-0.4, -0.2) is 57.9 Å².